The van der Waals surface area contributed by atoms with E-state index in [-0.39, 0.29) is 10.9 Å². The second-order valence-corrected chi connectivity index (χ2v) is 4.74. The molecule has 0 fully saturated rings. The van der Waals surface area contributed by atoms with Crippen LogP contribution >= 0.6 is 23.8 Å². The van der Waals surface area contributed by atoms with Crippen LogP contribution in [0.2, 0.25) is 5.02 Å². The standard InChI is InChI=1S/C13H12ClN3O2S/c1-8-9(14)4-2-5-10(8)15-13(20)17-16-12(18)11-6-3-7-19-11/h2-7H,1H3,(H,16,18)(H2,15,17,20). The Balaban J connectivity index is 1.90. The predicted molar refractivity (Wildman–Crippen MR) is 81.7 cm³/mol. The molecule has 1 amide bonds. The first kappa shape index (κ1) is 14.4. The molecular weight excluding hydrogens is 298 g/mol. The molecule has 0 aliphatic rings. The number of halogens is 1. The normalized spacial score (nSPS) is 9.90. The van der Waals surface area contributed by atoms with Crippen LogP contribution in [0.4, 0.5) is 5.69 Å². The van der Waals surface area contributed by atoms with E-state index in [1.54, 1.807) is 18.2 Å². The number of benzene rings is 1. The molecule has 0 atom stereocenters. The smallest absolute Gasteiger partial charge is 0.305 e. The maximum atomic E-state index is 11.6. The Bertz CT molecular complexity index is 629. The van der Waals surface area contributed by atoms with Crippen LogP contribution in [0.1, 0.15) is 16.1 Å². The predicted octanol–water partition coefficient (Wildman–Crippen LogP) is 2.87. The lowest BCUT2D eigenvalue weighted by molar-refractivity contribution is 0.0916. The summed E-state index contributed by atoms with van der Waals surface area (Å²) in [4.78, 5) is 11.6. The van der Waals surface area contributed by atoms with Gasteiger partial charge in [-0.15, -0.1) is 0 Å². The number of thiocarbonyl (C=S) groups is 1. The number of carbonyl (C=O) groups excluding carboxylic acids is 1. The van der Waals surface area contributed by atoms with Gasteiger partial charge in [0.15, 0.2) is 10.9 Å². The molecule has 0 aliphatic heterocycles. The van der Waals surface area contributed by atoms with Gasteiger partial charge in [-0.2, -0.15) is 0 Å². The first-order chi connectivity index (χ1) is 9.58. The molecule has 104 valence electrons. The molecule has 0 aliphatic carbocycles. The summed E-state index contributed by atoms with van der Waals surface area (Å²) in [6, 6.07) is 8.61. The Labute approximate surface area is 126 Å². The van der Waals surface area contributed by atoms with E-state index >= 15 is 0 Å². The summed E-state index contributed by atoms with van der Waals surface area (Å²) >= 11 is 11.1. The van der Waals surface area contributed by atoms with Crippen LogP contribution in [0, 0.1) is 6.92 Å². The van der Waals surface area contributed by atoms with E-state index in [9.17, 15) is 4.79 Å². The lowest BCUT2D eigenvalue weighted by Gasteiger charge is -2.13. The summed E-state index contributed by atoms with van der Waals surface area (Å²) in [6.45, 7) is 1.87. The van der Waals surface area contributed by atoms with E-state index in [0.717, 1.165) is 11.3 Å². The third-order valence-electron chi connectivity index (χ3n) is 2.55. The molecule has 1 aromatic heterocycles. The zero-order valence-electron chi connectivity index (χ0n) is 10.6. The van der Waals surface area contributed by atoms with Crippen molar-refractivity contribution in [2.75, 3.05) is 5.32 Å². The molecule has 0 radical (unpaired) electrons. The lowest BCUT2D eigenvalue weighted by Crippen LogP contribution is -2.43. The van der Waals surface area contributed by atoms with Crippen LogP contribution < -0.4 is 16.2 Å². The fourth-order valence-corrected chi connectivity index (χ4v) is 1.81. The van der Waals surface area contributed by atoms with Crippen molar-refractivity contribution >= 4 is 40.5 Å². The van der Waals surface area contributed by atoms with Crippen molar-refractivity contribution < 1.29 is 9.21 Å². The van der Waals surface area contributed by atoms with Crippen molar-refractivity contribution in [3.05, 3.63) is 52.9 Å². The van der Waals surface area contributed by atoms with Gasteiger partial charge in [0.1, 0.15) is 0 Å². The van der Waals surface area contributed by atoms with Crippen LogP contribution in [-0.4, -0.2) is 11.0 Å². The van der Waals surface area contributed by atoms with E-state index in [1.165, 1.54) is 6.26 Å². The highest BCUT2D eigenvalue weighted by molar-refractivity contribution is 7.80. The average Bonchev–Trinajstić information content (AvgIpc) is 2.95. The van der Waals surface area contributed by atoms with Crippen molar-refractivity contribution in [1.82, 2.24) is 10.9 Å². The van der Waals surface area contributed by atoms with E-state index in [1.807, 2.05) is 19.1 Å². The van der Waals surface area contributed by atoms with Crippen LogP contribution in [0.15, 0.2) is 41.0 Å². The first-order valence-electron chi connectivity index (χ1n) is 5.74. The quantitative estimate of drug-likeness (QED) is 0.588. The molecule has 0 saturated carbocycles. The second-order valence-electron chi connectivity index (χ2n) is 3.92. The third-order valence-corrected chi connectivity index (χ3v) is 3.16. The van der Waals surface area contributed by atoms with E-state index in [2.05, 4.69) is 16.2 Å². The number of amides is 1. The Hall–Kier alpha value is -2.05. The van der Waals surface area contributed by atoms with Gasteiger partial charge in [0, 0.05) is 10.7 Å². The summed E-state index contributed by atoms with van der Waals surface area (Å²) in [5.74, 6) is -0.221. The van der Waals surface area contributed by atoms with Gasteiger partial charge in [-0.05, 0) is 49.0 Å². The van der Waals surface area contributed by atoms with E-state index in [0.29, 0.717) is 5.02 Å². The number of furan rings is 1. The van der Waals surface area contributed by atoms with Crippen LogP contribution in [-0.2, 0) is 0 Å². The van der Waals surface area contributed by atoms with Crippen LogP contribution in [0.5, 0.6) is 0 Å². The molecule has 0 saturated heterocycles. The molecule has 1 heterocycles. The number of anilines is 1. The van der Waals surface area contributed by atoms with Gasteiger partial charge in [-0.3, -0.25) is 15.6 Å². The number of hydrogen-bond donors (Lipinski definition) is 3. The molecule has 1 aromatic carbocycles. The van der Waals surface area contributed by atoms with Crippen molar-refractivity contribution in [3.63, 3.8) is 0 Å². The van der Waals surface area contributed by atoms with Gasteiger partial charge in [-0.1, -0.05) is 17.7 Å². The average molecular weight is 310 g/mol. The monoisotopic (exact) mass is 309 g/mol. The van der Waals surface area contributed by atoms with E-state index < -0.39 is 5.91 Å². The van der Waals surface area contributed by atoms with Crippen LogP contribution in [0.3, 0.4) is 0 Å². The maximum absolute atomic E-state index is 11.6. The summed E-state index contributed by atoms with van der Waals surface area (Å²) in [6.07, 6.45) is 1.42. The van der Waals surface area contributed by atoms with Crippen molar-refractivity contribution in [2.45, 2.75) is 6.92 Å². The van der Waals surface area contributed by atoms with Gasteiger partial charge in [-0.25, -0.2) is 0 Å². The molecular formula is C13H12ClN3O2S. The van der Waals surface area contributed by atoms with Gasteiger partial charge >= 0.3 is 5.91 Å². The zero-order valence-corrected chi connectivity index (χ0v) is 12.1. The minimum Gasteiger partial charge on any atom is -0.459 e. The molecule has 2 aromatic rings. The Kier molecular flexibility index (Phi) is 4.60. The SMILES string of the molecule is Cc1c(Cl)cccc1NC(=S)NNC(=O)c1ccco1. The van der Waals surface area contributed by atoms with Gasteiger partial charge in [0.05, 0.1) is 6.26 Å². The Morgan fingerprint density at radius 3 is 2.75 bits per heavy atom. The van der Waals surface area contributed by atoms with Crippen molar-refractivity contribution in [3.8, 4) is 0 Å². The minimum atomic E-state index is -0.415. The summed E-state index contributed by atoms with van der Waals surface area (Å²) in [5, 5.41) is 3.82. The molecule has 7 heteroatoms. The van der Waals surface area contributed by atoms with Gasteiger partial charge < -0.3 is 9.73 Å². The first-order valence-corrected chi connectivity index (χ1v) is 6.52. The summed E-state index contributed by atoms with van der Waals surface area (Å²) in [7, 11) is 0. The molecule has 0 spiro atoms. The number of carbonyl (C=O) groups is 1. The highest BCUT2D eigenvalue weighted by Crippen LogP contribution is 2.22. The summed E-state index contributed by atoms with van der Waals surface area (Å²) in [5.41, 5.74) is 6.64. The largest absolute Gasteiger partial charge is 0.459 e. The fourth-order valence-electron chi connectivity index (χ4n) is 1.48. The number of hydrogen-bond acceptors (Lipinski definition) is 3. The maximum Gasteiger partial charge on any atom is 0.305 e. The van der Waals surface area contributed by atoms with Crippen LogP contribution in [0.25, 0.3) is 0 Å². The number of hydrazine groups is 1. The Morgan fingerprint density at radius 2 is 2.05 bits per heavy atom. The second kappa shape index (κ2) is 6.40. The lowest BCUT2D eigenvalue weighted by atomic mass is 10.2. The molecule has 3 N–H and O–H groups in total. The molecule has 5 nitrogen and oxygen atoms in total. The fraction of sp³-hybridized carbons (Fsp3) is 0.0769. The third kappa shape index (κ3) is 3.49. The molecule has 2 rings (SSSR count). The van der Waals surface area contributed by atoms with Crippen molar-refractivity contribution in [1.29, 1.82) is 0 Å². The molecule has 0 unspecified atom stereocenters. The number of nitrogens with one attached hydrogen (secondary N) is 3. The Morgan fingerprint density at radius 1 is 1.25 bits per heavy atom. The molecule has 20 heavy (non-hydrogen) atoms. The number of rotatable bonds is 2. The van der Waals surface area contributed by atoms with Gasteiger partial charge in [0.25, 0.3) is 0 Å². The van der Waals surface area contributed by atoms with Crippen molar-refractivity contribution in [2.24, 2.45) is 0 Å². The minimum absolute atomic E-state index is 0.194. The van der Waals surface area contributed by atoms with Gasteiger partial charge in [0.2, 0.25) is 0 Å². The highest BCUT2D eigenvalue weighted by Gasteiger charge is 2.09. The zero-order chi connectivity index (χ0) is 14.5. The molecule has 0 bridgehead atoms. The van der Waals surface area contributed by atoms with E-state index in [4.69, 9.17) is 28.2 Å². The topological polar surface area (TPSA) is 66.3 Å². The highest BCUT2D eigenvalue weighted by atomic mass is 35.5. The summed E-state index contributed by atoms with van der Waals surface area (Å²) < 4.78 is 4.95.